The normalized spacial score (nSPS) is 10.9. The summed E-state index contributed by atoms with van der Waals surface area (Å²) in [6.45, 7) is 0. The van der Waals surface area contributed by atoms with Crippen LogP contribution < -0.4 is 10.1 Å². The van der Waals surface area contributed by atoms with E-state index in [0.717, 1.165) is 16.8 Å². The van der Waals surface area contributed by atoms with Gasteiger partial charge in [-0.2, -0.15) is 5.10 Å². The molecule has 0 aliphatic rings. The molecule has 5 nitrogen and oxygen atoms in total. The van der Waals surface area contributed by atoms with Crippen molar-refractivity contribution < 1.29 is 13.9 Å². The summed E-state index contributed by atoms with van der Waals surface area (Å²) in [5, 5.41) is 7.47. The van der Waals surface area contributed by atoms with Crippen LogP contribution in [0.4, 0.5) is 10.1 Å². The summed E-state index contributed by atoms with van der Waals surface area (Å²) in [5.41, 5.74) is 3.69. The molecule has 1 amide bonds. The third-order valence-corrected chi connectivity index (χ3v) is 4.65. The number of carbonyl (C=O) groups is 1. The maximum atomic E-state index is 13.4. The lowest BCUT2D eigenvalue weighted by Crippen LogP contribution is -2.07. The molecule has 0 radical (unpaired) electrons. The largest absolute Gasteiger partial charge is 0.497 e. The lowest BCUT2D eigenvalue weighted by atomic mass is 10.1. The molecule has 0 aliphatic heterocycles. The number of amides is 1. The average molecular weight is 413 g/mol. The maximum Gasteiger partial charge on any atom is 0.248 e. The maximum absolute atomic E-state index is 13.4. The van der Waals surface area contributed by atoms with E-state index >= 15 is 0 Å². The number of methoxy groups -OCH3 is 1. The van der Waals surface area contributed by atoms with Gasteiger partial charge in [-0.3, -0.25) is 4.79 Å². The number of carbonyl (C=O) groups excluding carboxylic acids is 1. The Hall–Kier alpha value is -4.19. The Morgan fingerprint density at radius 1 is 1.00 bits per heavy atom. The number of hydrogen-bond acceptors (Lipinski definition) is 3. The minimum atomic E-state index is -0.317. The van der Waals surface area contributed by atoms with Crippen LogP contribution in [0, 0.1) is 5.82 Å². The molecule has 6 heteroatoms. The Morgan fingerprint density at radius 2 is 1.71 bits per heavy atom. The van der Waals surface area contributed by atoms with Crippen LogP contribution in [0.1, 0.15) is 5.56 Å². The number of hydrogen-bond donors (Lipinski definition) is 1. The summed E-state index contributed by atoms with van der Waals surface area (Å²) in [6.07, 6.45) is 4.98. The van der Waals surface area contributed by atoms with Crippen molar-refractivity contribution in [3.63, 3.8) is 0 Å². The van der Waals surface area contributed by atoms with Crippen molar-refractivity contribution in [2.45, 2.75) is 0 Å². The van der Waals surface area contributed by atoms with E-state index in [4.69, 9.17) is 4.74 Å². The van der Waals surface area contributed by atoms with E-state index in [1.165, 1.54) is 18.2 Å². The molecule has 0 saturated heterocycles. The van der Waals surface area contributed by atoms with Crippen molar-refractivity contribution in [2.75, 3.05) is 12.4 Å². The van der Waals surface area contributed by atoms with Gasteiger partial charge < -0.3 is 10.1 Å². The fourth-order valence-corrected chi connectivity index (χ4v) is 3.08. The quantitative estimate of drug-likeness (QED) is 0.434. The van der Waals surface area contributed by atoms with Crippen LogP contribution in [0.3, 0.4) is 0 Å². The minimum absolute atomic E-state index is 0.275. The number of para-hydroxylation sites is 1. The second kappa shape index (κ2) is 9.09. The Balaban J connectivity index is 1.61. The highest BCUT2D eigenvalue weighted by atomic mass is 19.1. The Kier molecular flexibility index (Phi) is 5.89. The number of ether oxygens (including phenoxy) is 1. The molecule has 1 aromatic heterocycles. The van der Waals surface area contributed by atoms with Crippen molar-refractivity contribution in [3.8, 4) is 22.7 Å². The first-order chi connectivity index (χ1) is 15.1. The van der Waals surface area contributed by atoms with Crippen molar-refractivity contribution >= 4 is 17.7 Å². The molecule has 154 valence electrons. The second-order valence-electron chi connectivity index (χ2n) is 6.77. The van der Waals surface area contributed by atoms with Gasteiger partial charge in [-0.15, -0.1) is 0 Å². The van der Waals surface area contributed by atoms with Crippen molar-refractivity contribution in [1.29, 1.82) is 0 Å². The van der Waals surface area contributed by atoms with Crippen LogP contribution in [0.2, 0.25) is 0 Å². The minimum Gasteiger partial charge on any atom is -0.497 e. The SMILES string of the molecule is COc1ccc(NC(=O)/C=C/c2cn(-c3ccccc3)nc2-c2ccc(F)cc2)cc1. The number of anilines is 1. The summed E-state index contributed by atoms with van der Waals surface area (Å²) < 4.78 is 20.2. The summed E-state index contributed by atoms with van der Waals surface area (Å²) in [6, 6.07) is 22.8. The number of halogens is 1. The zero-order valence-corrected chi connectivity index (χ0v) is 16.8. The van der Waals surface area contributed by atoms with Crippen LogP contribution in [0.25, 0.3) is 23.0 Å². The van der Waals surface area contributed by atoms with E-state index in [9.17, 15) is 9.18 Å². The van der Waals surface area contributed by atoms with E-state index in [2.05, 4.69) is 10.4 Å². The molecule has 0 bridgehead atoms. The first-order valence-corrected chi connectivity index (χ1v) is 9.66. The highest BCUT2D eigenvalue weighted by Crippen LogP contribution is 2.25. The Bertz CT molecular complexity index is 1200. The monoisotopic (exact) mass is 413 g/mol. The van der Waals surface area contributed by atoms with Crippen molar-refractivity contribution in [2.24, 2.45) is 0 Å². The standard InChI is InChI=1S/C25H20FN3O2/c1-31-23-14-12-21(13-15-23)27-24(30)16-9-19-17-29(22-5-3-2-4-6-22)28-25(19)18-7-10-20(26)11-8-18/h2-17H,1H3,(H,27,30)/b16-9+. The van der Waals surface area contributed by atoms with Gasteiger partial charge in [-0.1, -0.05) is 18.2 Å². The number of aromatic nitrogens is 2. The van der Waals surface area contributed by atoms with Crippen molar-refractivity contribution in [1.82, 2.24) is 9.78 Å². The zero-order chi connectivity index (χ0) is 21.6. The smallest absolute Gasteiger partial charge is 0.248 e. The molecular formula is C25H20FN3O2. The van der Waals surface area contributed by atoms with Gasteiger partial charge in [0.25, 0.3) is 0 Å². The molecule has 1 N–H and O–H groups in total. The molecule has 4 rings (SSSR count). The Morgan fingerprint density at radius 3 is 2.39 bits per heavy atom. The lowest BCUT2D eigenvalue weighted by molar-refractivity contribution is -0.111. The Labute approximate surface area is 179 Å². The van der Waals surface area contributed by atoms with Gasteiger partial charge in [0, 0.05) is 29.1 Å². The van der Waals surface area contributed by atoms with E-state index < -0.39 is 0 Å². The predicted octanol–water partition coefficient (Wildman–Crippen LogP) is 5.34. The summed E-state index contributed by atoms with van der Waals surface area (Å²) in [7, 11) is 1.59. The molecule has 0 fully saturated rings. The predicted molar refractivity (Wildman–Crippen MR) is 120 cm³/mol. The fourth-order valence-electron chi connectivity index (χ4n) is 3.08. The zero-order valence-electron chi connectivity index (χ0n) is 16.8. The highest BCUT2D eigenvalue weighted by molar-refractivity contribution is 6.02. The van der Waals surface area contributed by atoms with Crippen molar-refractivity contribution in [3.05, 3.63) is 103 Å². The molecule has 0 aliphatic carbocycles. The van der Waals surface area contributed by atoms with Crippen LogP contribution in [-0.2, 0) is 4.79 Å². The molecule has 1 heterocycles. The van der Waals surface area contributed by atoms with Gasteiger partial charge in [0.15, 0.2) is 0 Å². The number of nitrogens with one attached hydrogen (secondary N) is 1. The van der Waals surface area contributed by atoms with Gasteiger partial charge in [-0.05, 0) is 66.7 Å². The lowest BCUT2D eigenvalue weighted by Gasteiger charge is -2.03. The molecular weight excluding hydrogens is 393 g/mol. The van der Waals surface area contributed by atoms with E-state index in [1.807, 2.05) is 36.5 Å². The average Bonchev–Trinajstić information content (AvgIpc) is 3.24. The molecule has 3 aromatic carbocycles. The second-order valence-corrected chi connectivity index (χ2v) is 6.77. The van der Waals surface area contributed by atoms with Crippen LogP contribution in [-0.4, -0.2) is 22.8 Å². The van der Waals surface area contributed by atoms with Gasteiger partial charge in [0.1, 0.15) is 11.6 Å². The molecule has 0 unspecified atom stereocenters. The van der Waals surface area contributed by atoms with Gasteiger partial charge in [0.2, 0.25) is 5.91 Å². The summed E-state index contributed by atoms with van der Waals surface area (Å²) in [5.74, 6) is 0.121. The molecule has 31 heavy (non-hydrogen) atoms. The van der Waals surface area contributed by atoms with Gasteiger partial charge >= 0.3 is 0 Å². The van der Waals surface area contributed by atoms with Crippen LogP contribution in [0.15, 0.2) is 91.1 Å². The topological polar surface area (TPSA) is 56.1 Å². The summed E-state index contributed by atoms with van der Waals surface area (Å²) >= 11 is 0. The molecule has 0 saturated carbocycles. The number of nitrogens with zero attached hydrogens (tertiary/aromatic N) is 2. The summed E-state index contributed by atoms with van der Waals surface area (Å²) in [4.78, 5) is 12.4. The fraction of sp³-hybridized carbons (Fsp3) is 0.0400. The molecule has 0 atom stereocenters. The van der Waals surface area contributed by atoms with E-state index in [1.54, 1.807) is 54.3 Å². The van der Waals surface area contributed by atoms with E-state index in [0.29, 0.717) is 17.1 Å². The number of rotatable bonds is 6. The molecule has 0 spiro atoms. The first kappa shape index (κ1) is 20.1. The third kappa shape index (κ3) is 4.87. The molecule has 4 aromatic rings. The van der Waals surface area contributed by atoms with Gasteiger partial charge in [0.05, 0.1) is 18.5 Å². The van der Waals surface area contributed by atoms with Gasteiger partial charge in [-0.25, -0.2) is 9.07 Å². The highest BCUT2D eigenvalue weighted by Gasteiger charge is 2.11. The third-order valence-electron chi connectivity index (χ3n) is 4.65. The number of benzene rings is 3. The van der Waals surface area contributed by atoms with Crippen LogP contribution >= 0.6 is 0 Å². The first-order valence-electron chi connectivity index (χ1n) is 9.66. The van der Waals surface area contributed by atoms with Crippen LogP contribution in [0.5, 0.6) is 5.75 Å². The van der Waals surface area contributed by atoms with E-state index in [-0.39, 0.29) is 11.7 Å².